The van der Waals surface area contributed by atoms with Crippen molar-refractivity contribution in [2.45, 2.75) is 13.5 Å². The van der Waals surface area contributed by atoms with E-state index in [4.69, 9.17) is 16.1 Å². The monoisotopic (exact) mass is 301 g/mol. The predicted molar refractivity (Wildman–Crippen MR) is 65.5 cm³/mol. The zero-order valence-corrected chi connectivity index (χ0v) is 10.8. The zero-order valence-electron chi connectivity index (χ0n) is 8.50. The van der Waals surface area contributed by atoms with E-state index >= 15 is 0 Å². The maximum atomic E-state index is 5.85. The molecule has 1 heterocycles. The van der Waals surface area contributed by atoms with E-state index < -0.39 is 0 Å². The summed E-state index contributed by atoms with van der Waals surface area (Å²) in [6.07, 6.45) is 0. The Morgan fingerprint density at radius 2 is 2.31 bits per heavy atom. The van der Waals surface area contributed by atoms with E-state index in [1.165, 1.54) is 0 Å². The molecule has 0 saturated carbocycles. The molecular weight excluding hydrogens is 293 g/mol. The van der Waals surface area contributed by atoms with E-state index in [1.807, 2.05) is 18.2 Å². The molecule has 16 heavy (non-hydrogen) atoms. The second-order valence-electron chi connectivity index (χ2n) is 3.24. The Kier molecular flexibility index (Phi) is 3.46. The number of benzene rings is 1. The fraction of sp³-hybridized carbons (Fsp3) is 0.200. The molecule has 4 nitrogen and oxygen atoms in total. The van der Waals surface area contributed by atoms with Crippen LogP contribution in [0.15, 0.2) is 27.2 Å². The average Bonchev–Trinajstić information content (AvgIpc) is 2.63. The van der Waals surface area contributed by atoms with Gasteiger partial charge >= 0.3 is 6.01 Å². The molecular formula is C10H9BrClN3O. The van der Waals surface area contributed by atoms with E-state index in [0.717, 1.165) is 10.0 Å². The van der Waals surface area contributed by atoms with Crippen molar-refractivity contribution in [3.05, 3.63) is 39.1 Å². The molecule has 0 aliphatic rings. The van der Waals surface area contributed by atoms with Gasteiger partial charge < -0.3 is 9.84 Å². The molecule has 0 atom stereocenters. The van der Waals surface area contributed by atoms with Crippen LogP contribution in [-0.4, -0.2) is 10.1 Å². The third kappa shape index (κ3) is 2.74. The number of nitrogens with zero attached hydrogens (tertiary/aromatic N) is 2. The molecule has 0 spiro atoms. The molecule has 0 aliphatic carbocycles. The van der Waals surface area contributed by atoms with E-state index in [9.17, 15) is 0 Å². The van der Waals surface area contributed by atoms with Crippen molar-refractivity contribution in [3.8, 4) is 0 Å². The Labute approximate surface area is 106 Å². The lowest BCUT2D eigenvalue weighted by Crippen LogP contribution is -2.00. The summed E-state index contributed by atoms with van der Waals surface area (Å²) in [5.74, 6) is 0.609. The minimum atomic E-state index is 0.416. The molecule has 0 amide bonds. The number of rotatable bonds is 3. The van der Waals surface area contributed by atoms with Gasteiger partial charge in [-0.05, 0) is 24.6 Å². The summed E-state index contributed by atoms with van der Waals surface area (Å²) in [6.45, 7) is 2.37. The van der Waals surface area contributed by atoms with Crippen LogP contribution in [0.25, 0.3) is 0 Å². The quantitative estimate of drug-likeness (QED) is 0.944. The second-order valence-corrected chi connectivity index (χ2v) is 4.53. The third-order valence-electron chi connectivity index (χ3n) is 1.97. The molecule has 2 rings (SSSR count). The van der Waals surface area contributed by atoms with Crippen LogP contribution < -0.4 is 5.32 Å². The summed E-state index contributed by atoms with van der Waals surface area (Å²) < 4.78 is 5.88. The Balaban J connectivity index is 2.04. The lowest BCUT2D eigenvalue weighted by atomic mass is 10.2. The van der Waals surface area contributed by atoms with Crippen LogP contribution >= 0.6 is 27.5 Å². The fourth-order valence-electron chi connectivity index (χ4n) is 1.20. The zero-order chi connectivity index (χ0) is 11.5. The SMILES string of the molecule is Cc1noc(NCc2ccc(Cl)cc2Br)n1. The summed E-state index contributed by atoms with van der Waals surface area (Å²) in [4.78, 5) is 4.04. The maximum absolute atomic E-state index is 5.85. The molecule has 0 radical (unpaired) electrons. The Bertz CT molecular complexity index is 501. The highest BCUT2D eigenvalue weighted by atomic mass is 79.9. The first-order valence-corrected chi connectivity index (χ1v) is 5.80. The number of anilines is 1. The van der Waals surface area contributed by atoms with Crippen molar-refractivity contribution in [2.24, 2.45) is 0 Å². The van der Waals surface area contributed by atoms with Crippen molar-refractivity contribution in [1.82, 2.24) is 10.1 Å². The molecule has 1 aromatic carbocycles. The third-order valence-corrected chi connectivity index (χ3v) is 2.95. The standard InChI is InChI=1S/C10H9BrClN3O/c1-6-14-10(16-15-6)13-5-7-2-3-8(12)4-9(7)11/h2-4H,5H2,1H3,(H,13,14,15). The van der Waals surface area contributed by atoms with Gasteiger partial charge in [-0.1, -0.05) is 38.8 Å². The molecule has 84 valence electrons. The summed E-state index contributed by atoms with van der Waals surface area (Å²) >= 11 is 9.28. The van der Waals surface area contributed by atoms with Crippen LogP contribution in [0.1, 0.15) is 11.4 Å². The van der Waals surface area contributed by atoms with Gasteiger partial charge in [-0.2, -0.15) is 4.98 Å². The summed E-state index contributed by atoms with van der Waals surface area (Å²) in [5, 5.41) is 7.41. The van der Waals surface area contributed by atoms with Crippen LogP contribution in [-0.2, 0) is 6.54 Å². The van der Waals surface area contributed by atoms with Gasteiger partial charge in [0.25, 0.3) is 0 Å². The molecule has 2 aromatic rings. The maximum Gasteiger partial charge on any atom is 0.321 e. The first kappa shape index (κ1) is 11.4. The van der Waals surface area contributed by atoms with Gasteiger partial charge in [0.2, 0.25) is 0 Å². The van der Waals surface area contributed by atoms with Gasteiger partial charge in [0.1, 0.15) is 0 Å². The van der Waals surface area contributed by atoms with Crippen LogP contribution in [0.4, 0.5) is 6.01 Å². The second kappa shape index (κ2) is 4.84. The Morgan fingerprint density at radius 1 is 1.50 bits per heavy atom. The number of hydrogen-bond acceptors (Lipinski definition) is 4. The van der Waals surface area contributed by atoms with Crippen LogP contribution in [0, 0.1) is 6.92 Å². The van der Waals surface area contributed by atoms with E-state index in [1.54, 1.807) is 6.92 Å². The molecule has 0 unspecified atom stereocenters. The number of halogens is 2. The van der Waals surface area contributed by atoms with E-state index in [-0.39, 0.29) is 0 Å². The molecule has 0 bridgehead atoms. The molecule has 1 aromatic heterocycles. The molecule has 0 saturated heterocycles. The molecule has 1 N–H and O–H groups in total. The first-order chi connectivity index (χ1) is 7.65. The minimum Gasteiger partial charge on any atom is -0.334 e. The Hall–Kier alpha value is -1.07. The normalized spacial score (nSPS) is 10.4. The van der Waals surface area contributed by atoms with Crippen LogP contribution in [0.2, 0.25) is 5.02 Å². The first-order valence-electron chi connectivity index (χ1n) is 4.63. The van der Waals surface area contributed by atoms with Crippen LogP contribution in [0.3, 0.4) is 0 Å². The fourth-order valence-corrected chi connectivity index (χ4v) is 2.03. The number of nitrogens with one attached hydrogen (secondary N) is 1. The van der Waals surface area contributed by atoms with E-state index in [0.29, 0.717) is 23.4 Å². The molecule has 6 heteroatoms. The van der Waals surface area contributed by atoms with Gasteiger partial charge in [0.15, 0.2) is 5.82 Å². The highest BCUT2D eigenvalue weighted by molar-refractivity contribution is 9.10. The van der Waals surface area contributed by atoms with Gasteiger partial charge in [0, 0.05) is 16.0 Å². The van der Waals surface area contributed by atoms with Gasteiger partial charge in [-0.15, -0.1) is 0 Å². The largest absolute Gasteiger partial charge is 0.334 e. The van der Waals surface area contributed by atoms with Crippen molar-refractivity contribution in [3.63, 3.8) is 0 Å². The summed E-state index contributed by atoms with van der Waals surface area (Å²) in [5.41, 5.74) is 1.07. The smallest absolute Gasteiger partial charge is 0.321 e. The summed E-state index contributed by atoms with van der Waals surface area (Å²) in [7, 11) is 0. The van der Waals surface area contributed by atoms with Crippen LogP contribution in [0.5, 0.6) is 0 Å². The number of aromatic nitrogens is 2. The predicted octanol–water partition coefficient (Wildman–Crippen LogP) is 3.41. The van der Waals surface area contributed by atoms with Gasteiger partial charge in [-0.3, -0.25) is 0 Å². The van der Waals surface area contributed by atoms with Crippen molar-refractivity contribution in [1.29, 1.82) is 0 Å². The average molecular weight is 303 g/mol. The molecule has 0 fully saturated rings. The van der Waals surface area contributed by atoms with Gasteiger partial charge in [-0.25, -0.2) is 0 Å². The lowest BCUT2D eigenvalue weighted by molar-refractivity contribution is 0.425. The number of aryl methyl sites for hydroxylation is 1. The highest BCUT2D eigenvalue weighted by Crippen LogP contribution is 2.22. The number of hydrogen-bond donors (Lipinski definition) is 1. The van der Waals surface area contributed by atoms with Crippen molar-refractivity contribution in [2.75, 3.05) is 5.32 Å². The Morgan fingerprint density at radius 3 is 2.94 bits per heavy atom. The minimum absolute atomic E-state index is 0.416. The molecule has 0 aliphatic heterocycles. The van der Waals surface area contributed by atoms with E-state index in [2.05, 4.69) is 31.4 Å². The van der Waals surface area contributed by atoms with Gasteiger partial charge in [0.05, 0.1) is 0 Å². The topological polar surface area (TPSA) is 51.0 Å². The lowest BCUT2D eigenvalue weighted by Gasteiger charge is -2.04. The highest BCUT2D eigenvalue weighted by Gasteiger charge is 2.04. The summed E-state index contributed by atoms with van der Waals surface area (Å²) in [6, 6.07) is 6.03. The van der Waals surface area contributed by atoms with Crippen molar-refractivity contribution >= 4 is 33.5 Å². The van der Waals surface area contributed by atoms with Crippen molar-refractivity contribution < 1.29 is 4.52 Å².